The molecule has 1 unspecified atom stereocenters. The maximum Gasteiger partial charge on any atom is 0.325 e. The highest BCUT2D eigenvalue weighted by Gasteiger charge is 2.30. The average molecular weight is 253 g/mol. The number of ether oxygens (including phenoxy) is 2. The lowest BCUT2D eigenvalue weighted by Gasteiger charge is -2.33. The van der Waals surface area contributed by atoms with Crippen LogP contribution in [0.3, 0.4) is 0 Å². The molecule has 1 atom stereocenters. The lowest BCUT2D eigenvalue weighted by atomic mass is 10.1. The summed E-state index contributed by atoms with van der Waals surface area (Å²) in [5.41, 5.74) is 0.577. The van der Waals surface area contributed by atoms with E-state index in [1.54, 1.807) is 18.2 Å². The van der Waals surface area contributed by atoms with Crippen LogP contribution in [0.1, 0.15) is 5.56 Å². The summed E-state index contributed by atoms with van der Waals surface area (Å²) in [6, 6.07) is 6.12. The van der Waals surface area contributed by atoms with Gasteiger partial charge in [-0.3, -0.25) is 9.69 Å². The smallest absolute Gasteiger partial charge is 0.325 e. The Morgan fingerprint density at radius 2 is 2.33 bits per heavy atom. The van der Waals surface area contributed by atoms with E-state index in [1.165, 1.54) is 13.2 Å². The summed E-state index contributed by atoms with van der Waals surface area (Å²) < 4.78 is 23.6. The van der Waals surface area contributed by atoms with E-state index in [0.717, 1.165) is 0 Å². The number of methoxy groups -OCH3 is 1. The Bertz CT molecular complexity index is 424. The molecule has 1 saturated heterocycles. The lowest BCUT2D eigenvalue weighted by molar-refractivity contribution is -0.153. The van der Waals surface area contributed by atoms with Gasteiger partial charge in [0, 0.05) is 18.7 Å². The first-order valence-corrected chi connectivity index (χ1v) is 5.85. The molecule has 0 bridgehead atoms. The van der Waals surface area contributed by atoms with Crippen molar-refractivity contribution in [1.29, 1.82) is 0 Å². The molecule has 4 nitrogen and oxygen atoms in total. The highest BCUT2D eigenvalue weighted by atomic mass is 19.1. The summed E-state index contributed by atoms with van der Waals surface area (Å²) in [6.45, 7) is 1.81. The third-order valence-electron chi connectivity index (χ3n) is 3.04. The molecule has 5 heteroatoms. The number of benzene rings is 1. The minimum Gasteiger partial charge on any atom is -0.468 e. The predicted octanol–water partition coefficient (Wildman–Crippen LogP) is 1.20. The average Bonchev–Trinajstić information content (AvgIpc) is 2.41. The molecule has 1 aliphatic rings. The molecule has 1 aromatic carbocycles. The number of esters is 1. The molecule has 1 fully saturated rings. The maximum atomic E-state index is 13.6. The van der Waals surface area contributed by atoms with Crippen molar-refractivity contribution in [3.8, 4) is 0 Å². The summed E-state index contributed by atoms with van der Waals surface area (Å²) in [4.78, 5) is 13.5. The largest absolute Gasteiger partial charge is 0.468 e. The van der Waals surface area contributed by atoms with E-state index in [9.17, 15) is 9.18 Å². The van der Waals surface area contributed by atoms with Gasteiger partial charge in [-0.05, 0) is 6.07 Å². The number of carbonyl (C=O) groups excluding carboxylic acids is 1. The second kappa shape index (κ2) is 5.93. The van der Waals surface area contributed by atoms with E-state index in [2.05, 4.69) is 0 Å². The molecule has 0 radical (unpaired) electrons. The van der Waals surface area contributed by atoms with Crippen LogP contribution in [0.5, 0.6) is 0 Å². The van der Waals surface area contributed by atoms with Gasteiger partial charge in [-0.1, -0.05) is 18.2 Å². The van der Waals surface area contributed by atoms with Crippen molar-refractivity contribution in [3.63, 3.8) is 0 Å². The highest BCUT2D eigenvalue weighted by molar-refractivity contribution is 5.75. The van der Waals surface area contributed by atoms with Crippen LogP contribution >= 0.6 is 0 Å². The fourth-order valence-electron chi connectivity index (χ4n) is 2.03. The molecule has 0 saturated carbocycles. The van der Waals surface area contributed by atoms with Crippen LogP contribution in [0.25, 0.3) is 0 Å². The van der Waals surface area contributed by atoms with Gasteiger partial charge < -0.3 is 9.47 Å². The van der Waals surface area contributed by atoms with Crippen molar-refractivity contribution in [2.75, 3.05) is 26.9 Å². The molecular weight excluding hydrogens is 237 g/mol. The Morgan fingerprint density at radius 1 is 1.56 bits per heavy atom. The second-order valence-electron chi connectivity index (χ2n) is 4.18. The van der Waals surface area contributed by atoms with Gasteiger partial charge in [0.15, 0.2) is 0 Å². The van der Waals surface area contributed by atoms with Gasteiger partial charge in [0.2, 0.25) is 0 Å². The Hall–Kier alpha value is -1.46. The van der Waals surface area contributed by atoms with Crippen molar-refractivity contribution in [2.24, 2.45) is 0 Å². The SMILES string of the molecule is COC(=O)C1COCCN1Cc1ccccc1F. The van der Waals surface area contributed by atoms with Gasteiger partial charge in [0.25, 0.3) is 0 Å². The fraction of sp³-hybridized carbons (Fsp3) is 0.462. The van der Waals surface area contributed by atoms with Crippen molar-refractivity contribution in [2.45, 2.75) is 12.6 Å². The molecule has 0 aliphatic carbocycles. The summed E-state index contributed by atoms with van der Waals surface area (Å²) >= 11 is 0. The number of nitrogens with zero attached hydrogens (tertiary/aromatic N) is 1. The van der Waals surface area contributed by atoms with Crippen LogP contribution in [-0.2, 0) is 20.8 Å². The third-order valence-corrected chi connectivity index (χ3v) is 3.04. The van der Waals surface area contributed by atoms with E-state index < -0.39 is 6.04 Å². The van der Waals surface area contributed by atoms with Gasteiger partial charge >= 0.3 is 5.97 Å². The zero-order valence-corrected chi connectivity index (χ0v) is 10.3. The number of halogens is 1. The van der Waals surface area contributed by atoms with Gasteiger partial charge in [0.1, 0.15) is 11.9 Å². The van der Waals surface area contributed by atoms with Crippen LogP contribution in [0.2, 0.25) is 0 Å². The Morgan fingerprint density at radius 3 is 3.06 bits per heavy atom. The van der Waals surface area contributed by atoms with Crippen LogP contribution < -0.4 is 0 Å². The first-order valence-electron chi connectivity index (χ1n) is 5.85. The van der Waals surface area contributed by atoms with Crippen LogP contribution in [0.15, 0.2) is 24.3 Å². The van der Waals surface area contributed by atoms with E-state index >= 15 is 0 Å². The normalized spacial score (nSPS) is 20.7. The topological polar surface area (TPSA) is 38.8 Å². The van der Waals surface area contributed by atoms with E-state index in [4.69, 9.17) is 9.47 Å². The monoisotopic (exact) mass is 253 g/mol. The lowest BCUT2D eigenvalue weighted by Crippen LogP contribution is -2.49. The first-order chi connectivity index (χ1) is 8.72. The minimum atomic E-state index is -0.455. The standard InChI is InChI=1S/C13H16FNO3/c1-17-13(16)12-9-18-7-6-15(12)8-10-4-2-3-5-11(10)14/h2-5,12H,6-9H2,1H3. The van der Waals surface area contributed by atoms with Crippen LogP contribution in [0.4, 0.5) is 4.39 Å². The first kappa shape index (κ1) is 13.0. The fourth-order valence-corrected chi connectivity index (χ4v) is 2.03. The van der Waals surface area contributed by atoms with Gasteiger partial charge in [-0.2, -0.15) is 0 Å². The molecule has 0 amide bonds. The molecule has 0 aromatic heterocycles. The molecule has 1 aliphatic heterocycles. The highest BCUT2D eigenvalue weighted by Crippen LogP contribution is 2.15. The van der Waals surface area contributed by atoms with Crippen LogP contribution in [0, 0.1) is 5.82 Å². The summed E-state index contributed by atoms with van der Waals surface area (Å²) in [6.07, 6.45) is 0. The number of hydrogen-bond acceptors (Lipinski definition) is 4. The van der Waals surface area contributed by atoms with Gasteiger partial charge in [-0.15, -0.1) is 0 Å². The van der Waals surface area contributed by atoms with Gasteiger partial charge in [0.05, 0.1) is 20.3 Å². The third kappa shape index (κ3) is 2.86. The number of morpholine rings is 1. The second-order valence-corrected chi connectivity index (χ2v) is 4.18. The van der Waals surface area contributed by atoms with Crippen molar-refractivity contribution in [3.05, 3.63) is 35.6 Å². The zero-order valence-electron chi connectivity index (χ0n) is 10.3. The summed E-state index contributed by atoms with van der Waals surface area (Å²) in [7, 11) is 1.35. The zero-order chi connectivity index (χ0) is 13.0. The minimum absolute atomic E-state index is 0.257. The molecule has 1 aromatic rings. The molecule has 98 valence electrons. The molecule has 1 heterocycles. The van der Waals surface area contributed by atoms with E-state index in [0.29, 0.717) is 31.9 Å². The molecule has 2 rings (SSSR count). The Balaban J connectivity index is 2.10. The molecule has 0 N–H and O–H groups in total. The Labute approximate surface area is 105 Å². The van der Waals surface area contributed by atoms with Crippen molar-refractivity contribution in [1.82, 2.24) is 4.90 Å². The van der Waals surface area contributed by atoms with E-state index in [1.807, 2.05) is 4.90 Å². The van der Waals surface area contributed by atoms with Crippen molar-refractivity contribution < 1.29 is 18.7 Å². The molecule has 0 spiro atoms. The van der Waals surface area contributed by atoms with Gasteiger partial charge in [-0.25, -0.2) is 4.39 Å². The van der Waals surface area contributed by atoms with E-state index in [-0.39, 0.29) is 11.8 Å². The van der Waals surface area contributed by atoms with Crippen LogP contribution in [-0.4, -0.2) is 43.8 Å². The number of rotatable bonds is 3. The maximum absolute atomic E-state index is 13.6. The van der Waals surface area contributed by atoms with Crippen molar-refractivity contribution >= 4 is 5.97 Å². The molecular formula is C13H16FNO3. The quantitative estimate of drug-likeness (QED) is 0.759. The number of hydrogen-bond donors (Lipinski definition) is 0. The predicted molar refractivity (Wildman–Crippen MR) is 63.4 cm³/mol. The molecule has 18 heavy (non-hydrogen) atoms. The Kier molecular flexibility index (Phi) is 4.28. The summed E-state index contributed by atoms with van der Waals surface area (Å²) in [5, 5.41) is 0. The summed E-state index contributed by atoms with van der Waals surface area (Å²) in [5.74, 6) is -0.598. The number of carbonyl (C=O) groups is 1.